The molecular weight excluding hydrogens is 294 g/mol. The van der Waals surface area contributed by atoms with Crippen LogP contribution in [0.1, 0.15) is 37.2 Å². The van der Waals surface area contributed by atoms with Crippen molar-refractivity contribution in [2.45, 2.75) is 39.2 Å². The van der Waals surface area contributed by atoms with E-state index in [4.69, 9.17) is 5.73 Å². The molecule has 0 atom stereocenters. The Morgan fingerprint density at radius 2 is 2.18 bits per heavy atom. The quantitative estimate of drug-likeness (QED) is 0.656. The third-order valence-corrected chi connectivity index (χ3v) is 3.95. The molecule has 0 aliphatic heterocycles. The van der Waals surface area contributed by atoms with E-state index < -0.39 is 0 Å². The molecule has 0 aliphatic rings. The molecule has 0 saturated heterocycles. The summed E-state index contributed by atoms with van der Waals surface area (Å²) in [5.41, 5.74) is 8.09. The van der Waals surface area contributed by atoms with Crippen LogP contribution in [0, 0.1) is 0 Å². The summed E-state index contributed by atoms with van der Waals surface area (Å²) in [7, 11) is 0. The Labute approximate surface area is 135 Å². The zero-order valence-corrected chi connectivity index (χ0v) is 14.2. The summed E-state index contributed by atoms with van der Waals surface area (Å²) in [5.74, 6) is 0.448. The monoisotopic (exact) mass is 317 g/mol. The number of nitrogens with zero attached hydrogens (tertiary/aromatic N) is 3. The van der Waals surface area contributed by atoms with Crippen molar-refractivity contribution in [3.63, 3.8) is 0 Å². The Morgan fingerprint density at radius 1 is 1.36 bits per heavy atom. The molecule has 0 radical (unpaired) electrons. The van der Waals surface area contributed by atoms with E-state index in [1.165, 1.54) is 0 Å². The third-order valence-electron chi connectivity index (χ3n) is 3.12. The highest BCUT2D eigenvalue weighted by molar-refractivity contribution is 7.09. The summed E-state index contributed by atoms with van der Waals surface area (Å²) in [5, 5.41) is 6.18. The van der Waals surface area contributed by atoms with Crippen molar-refractivity contribution in [2.75, 3.05) is 6.54 Å². The molecule has 0 spiro atoms. The zero-order chi connectivity index (χ0) is 16.0. The summed E-state index contributed by atoms with van der Waals surface area (Å²) in [6.45, 7) is 7.70. The first-order chi connectivity index (χ1) is 10.4. The zero-order valence-electron chi connectivity index (χ0n) is 13.3. The van der Waals surface area contributed by atoms with E-state index >= 15 is 0 Å². The van der Waals surface area contributed by atoms with Crippen LogP contribution in [-0.2, 0) is 18.4 Å². The molecule has 6 heteroatoms. The Balaban J connectivity index is 1.79. The molecule has 3 N–H and O–H groups in total. The van der Waals surface area contributed by atoms with E-state index in [0.29, 0.717) is 12.5 Å². The van der Waals surface area contributed by atoms with Gasteiger partial charge in [0.25, 0.3) is 0 Å². The predicted octanol–water partition coefficient (Wildman–Crippen LogP) is 2.48. The highest BCUT2D eigenvalue weighted by atomic mass is 32.1. The minimum absolute atomic E-state index is 0.0743. The molecule has 2 rings (SSSR count). The molecule has 0 bridgehead atoms. The van der Waals surface area contributed by atoms with Crippen molar-refractivity contribution >= 4 is 17.3 Å². The number of aliphatic imine (C=N–C) groups is 1. The number of thiazole rings is 1. The van der Waals surface area contributed by atoms with Crippen LogP contribution in [0.15, 0.2) is 34.8 Å². The van der Waals surface area contributed by atoms with Gasteiger partial charge < -0.3 is 11.1 Å². The van der Waals surface area contributed by atoms with Crippen LogP contribution in [-0.4, -0.2) is 22.5 Å². The number of hydrogen-bond donors (Lipinski definition) is 2. The number of rotatable bonds is 5. The van der Waals surface area contributed by atoms with Crippen LogP contribution in [0.25, 0.3) is 0 Å². The van der Waals surface area contributed by atoms with E-state index in [-0.39, 0.29) is 5.41 Å². The molecule has 0 aromatic carbocycles. The summed E-state index contributed by atoms with van der Waals surface area (Å²) in [4.78, 5) is 13.2. The van der Waals surface area contributed by atoms with Gasteiger partial charge in [0.2, 0.25) is 0 Å². The van der Waals surface area contributed by atoms with Crippen LogP contribution in [0.4, 0.5) is 0 Å². The van der Waals surface area contributed by atoms with Gasteiger partial charge in [-0.1, -0.05) is 26.8 Å². The van der Waals surface area contributed by atoms with Crippen LogP contribution < -0.4 is 11.1 Å². The molecule has 0 fully saturated rings. The number of aromatic nitrogens is 2. The lowest BCUT2D eigenvalue weighted by atomic mass is 9.93. The Kier molecular flexibility index (Phi) is 5.49. The fraction of sp³-hybridized carbons (Fsp3) is 0.438. The smallest absolute Gasteiger partial charge is 0.189 e. The maximum Gasteiger partial charge on any atom is 0.189 e. The molecule has 5 nitrogen and oxygen atoms in total. The number of guanidine groups is 1. The lowest BCUT2D eigenvalue weighted by molar-refractivity contribution is 0.571. The van der Waals surface area contributed by atoms with Crippen molar-refractivity contribution in [3.05, 3.63) is 46.2 Å². The van der Waals surface area contributed by atoms with Gasteiger partial charge >= 0.3 is 0 Å². The molecule has 118 valence electrons. The molecule has 0 amide bonds. The molecule has 22 heavy (non-hydrogen) atoms. The Morgan fingerprint density at radius 3 is 2.82 bits per heavy atom. The molecule has 0 saturated carbocycles. The van der Waals surface area contributed by atoms with Gasteiger partial charge in [0.15, 0.2) is 5.96 Å². The Hall–Kier alpha value is -1.95. The second-order valence-electron chi connectivity index (χ2n) is 6.08. The van der Waals surface area contributed by atoms with Crippen LogP contribution in [0.2, 0.25) is 0 Å². The van der Waals surface area contributed by atoms with Crippen molar-refractivity contribution in [2.24, 2.45) is 10.7 Å². The van der Waals surface area contributed by atoms with Gasteiger partial charge in [-0.2, -0.15) is 0 Å². The van der Waals surface area contributed by atoms with Crippen LogP contribution in [0.3, 0.4) is 0 Å². The second kappa shape index (κ2) is 7.35. The van der Waals surface area contributed by atoms with Gasteiger partial charge in [0.05, 0.1) is 12.2 Å². The maximum absolute atomic E-state index is 5.87. The van der Waals surface area contributed by atoms with E-state index in [1.807, 2.05) is 18.2 Å². The van der Waals surface area contributed by atoms with Gasteiger partial charge in [-0.05, 0) is 12.1 Å². The number of nitrogens with two attached hydrogens (primary N) is 1. The molecule has 2 aromatic rings. The standard InChI is InChI=1S/C16H23N5S/c1-16(2,3)13-11-22-14(21-13)10-20-15(17)19-9-7-12-6-4-5-8-18-12/h4-6,8,11H,7,9-10H2,1-3H3,(H3,17,19,20). The minimum Gasteiger partial charge on any atom is -0.370 e. The SMILES string of the molecule is CC(C)(C)c1csc(CN=C(N)NCCc2ccccn2)n1. The Bertz CT molecular complexity index is 613. The van der Waals surface area contributed by atoms with E-state index in [1.54, 1.807) is 17.5 Å². The highest BCUT2D eigenvalue weighted by Gasteiger charge is 2.17. The molecular formula is C16H23N5S. The predicted molar refractivity (Wildman–Crippen MR) is 92.1 cm³/mol. The fourth-order valence-electron chi connectivity index (χ4n) is 1.80. The second-order valence-corrected chi connectivity index (χ2v) is 7.02. The van der Waals surface area contributed by atoms with Crippen molar-refractivity contribution < 1.29 is 0 Å². The third kappa shape index (κ3) is 5.11. The van der Waals surface area contributed by atoms with Gasteiger partial charge in [-0.3, -0.25) is 4.98 Å². The minimum atomic E-state index is 0.0743. The average molecular weight is 317 g/mol. The fourth-order valence-corrected chi connectivity index (χ4v) is 2.75. The molecule has 2 aromatic heterocycles. The van der Waals surface area contributed by atoms with E-state index in [9.17, 15) is 0 Å². The first-order valence-electron chi connectivity index (χ1n) is 7.34. The van der Waals surface area contributed by atoms with Crippen LogP contribution >= 0.6 is 11.3 Å². The van der Waals surface area contributed by atoms with Crippen molar-refractivity contribution in [1.82, 2.24) is 15.3 Å². The average Bonchev–Trinajstić information content (AvgIpc) is 2.95. The summed E-state index contributed by atoms with van der Waals surface area (Å²) < 4.78 is 0. The molecule has 0 aliphatic carbocycles. The number of hydrogen-bond acceptors (Lipinski definition) is 4. The first kappa shape index (κ1) is 16.4. The number of nitrogens with one attached hydrogen (secondary N) is 1. The van der Waals surface area contributed by atoms with E-state index in [2.05, 4.69) is 46.4 Å². The summed E-state index contributed by atoms with van der Waals surface area (Å²) >= 11 is 1.63. The molecule has 2 heterocycles. The summed E-state index contributed by atoms with van der Waals surface area (Å²) in [6, 6.07) is 5.89. The van der Waals surface area contributed by atoms with Crippen molar-refractivity contribution in [1.29, 1.82) is 0 Å². The lowest BCUT2D eigenvalue weighted by Gasteiger charge is -2.14. The van der Waals surface area contributed by atoms with Crippen LogP contribution in [0.5, 0.6) is 0 Å². The normalized spacial score (nSPS) is 12.4. The van der Waals surface area contributed by atoms with Crippen molar-refractivity contribution in [3.8, 4) is 0 Å². The van der Waals surface area contributed by atoms with E-state index in [0.717, 1.165) is 29.4 Å². The largest absolute Gasteiger partial charge is 0.370 e. The lowest BCUT2D eigenvalue weighted by Crippen LogP contribution is -2.33. The van der Waals surface area contributed by atoms with Gasteiger partial charge in [-0.15, -0.1) is 11.3 Å². The van der Waals surface area contributed by atoms with Gasteiger partial charge in [0, 0.05) is 35.7 Å². The summed E-state index contributed by atoms with van der Waals surface area (Å²) in [6.07, 6.45) is 2.62. The first-order valence-corrected chi connectivity index (χ1v) is 8.22. The molecule has 0 unspecified atom stereocenters. The maximum atomic E-state index is 5.87. The topological polar surface area (TPSA) is 76.2 Å². The van der Waals surface area contributed by atoms with Gasteiger partial charge in [-0.25, -0.2) is 9.98 Å². The van der Waals surface area contributed by atoms with Gasteiger partial charge in [0.1, 0.15) is 5.01 Å². The number of pyridine rings is 1. The highest BCUT2D eigenvalue weighted by Crippen LogP contribution is 2.24.